The molecular weight excluding hydrogens is 412 g/mol. The van der Waals surface area contributed by atoms with Crippen molar-refractivity contribution in [3.05, 3.63) is 48.7 Å². The molecule has 3 aromatic rings. The first-order valence-electron chi connectivity index (χ1n) is 10.4. The summed E-state index contributed by atoms with van der Waals surface area (Å²) in [6.07, 6.45) is 5.19. The highest BCUT2D eigenvalue weighted by Crippen LogP contribution is 2.23. The number of rotatable bonds is 12. The molecule has 0 bridgehead atoms. The zero-order valence-corrected chi connectivity index (χ0v) is 17.8. The molecular formula is C22H26N6O4. The molecule has 0 aliphatic heterocycles. The molecule has 0 fully saturated rings. The number of aromatic nitrogens is 3. The standard InChI is InChI=1S/C22H26N6O4/c1-2-3-5-10-18(14-28(31)15-29)20(30)25-24-19-12-11-17(13-23-19)22-27-26-21(32-22)16-8-6-4-7-9-16/h4,6-9,11-13,15,18,31H,2-3,5,10,14H2,1H3,(H,23,24)(H,25,30)/t18-/m1/s1. The van der Waals surface area contributed by atoms with E-state index in [9.17, 15) is 14.8 Å². The summed E-state index contributed by atoms with van der Waals surface area (Å²) in [4.78, 5) is 27.5. The molecule has 2 heterocycles. The van der Waals surface area contributed by atoms with Crippen LogP contribution in [0.2, 0.25) is 0 Å². The second kappa shape index (κ2) is 11.6. The molecule has 32 heavy (non-hydrogen) atoms. The lowest BCUT2D eigenvalue weighted by Gasteiger charge is -2.19. The summed E-state index contributed by atoms with van der Waals surface area (Å²) in [5.74, 6) is 0.279. The van der Waals surface area contributed by atoms with Crippen molar-refractivity contribution in [1.29, 1.82) is 0 Å². The van der Waals surface area contributed by atoms with Gasteiger partial charge in [-0.2, -0.15) is 0 Å². The molecule has 168 valence electrons. The van der Waals surface area contributed by atoms with Crippen LogP contribution in [-0.2, 0) is 9.59 Å². The van der Waals surface area contributed by atoms with Crippen molar-refractivity contribution >= 4 is 18.1 Å². The number of hydrazine groups is 1. The SMILES string of the molecule is CCCCC[C@H](CN(O)C=O)C(=O)NNc1ccc(-c2nnc(-c3ccccc3)o2)cn1. The van der Waals surface area contributed by atoms with Crippen LogP contribution in [0.1, 0.15) is 32.6 Å². The average Bonchev–Trinajstić information content (AvgIpc) is 3.33. The second-order valence-corrected chi connectivity index (χ2v) is 7.24. The van der Waals surface area contributed by atoms with E-state index in [2.05, 4.69) is 33.0 Å². The number of hydroxylamine groups is 2. The van der Waals surface area contributed by atoms with Gasteiger partial charge in [-0.05, 0) is 30.7 Å². The lowest BCUT2D eigenvalue weighted by atomic mass is 10.0. The molecule has 1 aromatic carbocycles. The van der Waals surface area contributed by atoms with Gasteiger partial charge >= 0.3 is 0 Å². The third-order valence-electron chi connectivity index (χ3n) is 4.83. The minimum Gasteiger partial charge on any atom is -0.416 e. The van der Waals surface area contributed by atoms with Gasteiger partial charge < -0.3 is 4.42 Å². The number of carbonyl (C=O) groups is 2. The van der Waals surface area contributed by atoms with E-state index in [0.717, 1.165) is 24.8 Å². The highest BCUT2D eigenvalue weighted by molar-refractivity contribution is 5.80. The number of benzene rings is 1. The monoisotopic (exact) mass is 438 g/mol. The maximum absolute atomic E-state index is 12.5. The summed E-state index contributed by atoms with van der Waals surface area (Å²) >= 11 is 0. The number of carbonyl (C=O) groups excluding carboxylic acids is 2. The predicted molar refractivity (Wildman–Crippen MR) is 117 cm³/mol. The van der Waals surface area contributed by atoms with E-state index < -0.39 is 5.92 Å². The van der Waals surface area contributed by atoms with Crippen LogP contribution in [0.4, 0.5) is 5.82 Å². The Balaban J connectivity index is 1.58. The molecule has 3 N–H and O–H groups in total. The molecule has 0 unspecified atom stereocenters. The van der Waals surface area contributed by atoms with Crippen molar-refractivity contribution in [3.8, 4) is 22.9 Å². The van der Waals surface area contributed by atoms with Gasteiger partial charge in [0, 0.05) is 11.8 Å². The van der Waals surface area contributed by atoms with Crippen LogP contribution >= 0.6 is 0 Å². The fourth-order valence-corrected chi connectivity index (χ4v) is 3.07. The van der Waals surface area contributed by atoms with Crippen LogP contribution in [-0.4, -0.2) is 44.3 Å². The maximum Gasteiger partial charge on any atom is 0.249 e. The Labute approximate surface area is 185 Å². The largest absolute Gasteiger partial charge is 0.416 e. The summed E-state index contributed by atoms with van der Waals surface area (Å²) in [6.45, 7) is 1.99. The van der Waals surface area contributed by atoms with Gasteiger partial charge in [-0.25, -0.2) is 10.0 Å². The van der Waals surface area contributed by atoms with E-state index in [1.165, 1.54) is 0 Å². The van der Waals surface area contributed by atoms with E-state index in [0.29, 0.717) is 34.6 Å². The van der Waals surface area contributed by atoms with Crippen molar-refractivity contribution < 1.29 is 19.2 Å². The molecule has 2 aromatic heterocycles. The third-order valence-corrected chi connectivity index (χ3v) is 4.83. The normalized spacial score (nSPS) is 11.6. The third kappa shape index (κ3) is 6.35. The first-order valence-corrected chi connectivity index (χ1v) is 10.4. The minimum absolute atomic E-state index is 0.0754. The van der Waals surface area contributed by atoms with E-state index in [1.807, 2.05) is 30.3 Å². The minimum atomic E-state index is -0.543. The van der Waals surface area contributed by atoms with E-state index >= 15 is 0 Å². The summed E-state index contributed by atoms with van der Waals surface area (Å²) in [6, 6.07) is 12.9. The average molecular weight is 438 g/mol. The predicted octanol–water partition coefficient (Wildman–Crippen LogP) is 3.29. The Hall–Kier alpha value is -3.79. The first-order chi connectivity index (χ1) is 15.6. The molecule has 0 radical (unpaired) electrons. The van der Waals surface area contributed by atoms with Gasteiger partial charge in [-0.3, -0.25) is 25.6 Å². The van der Waals surface area contributed by atoms with Crippen LogP contribution in [0.15, 0.2) is 53.1 Å². The first kappa shape index (κ1) is 22.9. The fraction of sp³-hybridized carbons (Fsp3) is 0.318. The Kier molecular flexibility index (Phi) is 8.27. The molecule has 1 atom stereocenters. The van der Waals surface area contributed by atoms with Crippen molar-refractivity contribution in [2.24, 2.45) is 5.92 Å². The highest BCUT2D eigenvalue weighted by atomic mass is 16.5. The Morgan fingerprint density at radius 3 is 2.53 bits per heavy atom. The van der Waals surface area contributed by atoms with E-state index in [-0.39, 0.29) is 18.9 Å². The molecule has 3 rings (SSSR count). The van der Waals surface area contributed by atoms with Gasteiger partial charge in [-0.1, -0.05) is 44.4 Å². The van der Waals surface area contributed by atoms with Gasteiger partial charge in [0.15, 0.2) is 0 Å². The van der Waals surface area contributed by atoms with Crippen molar-refractivity contribution in [1.82, 2.24) is 25.7 Å². The highest BCUT2D eigenvalue weighted by Gasteiger charge is 2.20. The number of pyridine rings is 1. The molecule has 2 amide bonds. The zero-order valence-electron chi connectivity index (χ0n) is 17.8. The summed E-state index contributed by atoms with van der Waals surface area (Å²) in [7, 11) is 0. The van der Waals surface area contributed by atoms with Crippen LogP contribution in [0, 0.1) is 5.92 Å². The number of unbranched alkanes of at least 4 members (excludes halogenated alkanes) is 2. The van der Waals surface area contributed by atoms with E-state index in [1.54, 1.807) is 18.3 Å². The number of nitrogens with zero attached hydrogens (tertiary/aromatic N) is 4. The number of nitrogens with one attached hydrogen (secondary N) is 2. The van der Waals surface area contributed by atoms with Gasteiger partial charge in [0.2, 0.25) is 24.1 Å². The molecule has 0 aliphatic carbocycles. The van der Waals surface area contributed by atoms with Crippen LogP contribution in [0.3, 0.4) is 0 Å². The lowest BCUT2D eigenvalue weighted by molar-refractivity contribution is -0.154. The Bertz CT molecular complexity index is 993. The summed E-state index contributed by atoms with van der Waals surface area (Å²) in [5, 5.41) is 18.1. The quantitative estimate of drug-likeness (QED) is 0.170. The van der Waals surface area contributed by atoms with Crippen LogP contribution in [0.5, 0.6) is 0 Å². The van der Waals surface area contributed by atoms with Crippen molar-refractivity contribution in [3.63, 3.8) is 0 Å². The number of amides is 2. The van der Waals surface area contributed by atoms with Crippen LogP contribution < -0.4 is 10.9 Å². The van der Waals surface area contributed by atoms with Gasteiger partial charge in [-0.15, -0.1) is 10.2 Å². The van der Waals surface area contributed by atoms with Crippen LogP contribution in [0.25, 0.3) is 22.9 Å². The molecule has 10 heteroatoms. The van der Waals surface area contributed by atoms with Gasteiger partial charge in [0.05, 0.1) is 18.0 Å². The Morgan fingerprint density at radius 2 is 1.88 bits per heavy atom. The van der Waals surface area contributed by atoms with Gasteiger partial charge in [0.25, 0.3) is 0 Å². The molecule has 0 aliphatic rings. The number of hydrogen-bond acceptors (Lipinski definition) is 8. The summed E-state index contributed by atoms with van der Waals surface area (Å²) < 4.78 is 5.71. The van der Waals surface area contributed by atoms with Crippen molar-refractivity contribution in [2.75, 3.05) is 12.0 Å². The molecule has 0 saturated heterocycles. The number of hydrogen-bond donors (Lipinski definition) is 3. The molecule has 10 nitrogen and oxygen atoms in total. The topological polar surface area (TPSA) is 133 Å². The maximum atomic E-state index is 12.5. The summed E-state index contributed by atoms with van der Waals surface area (Å²) in [5.41, 5.74) is 6.79. The fourth-order valence-electron chi connectivity index (χ4n) is 3.07. The second-order valence-electron chi connectivity index (χ2n) is 7.24. The van der Waals surface area contributed by atoms with Gasteiger partial charge in [0.1, 0.15) is 5.82 Å². The molecule has 0 spiro atoms. The lowest BCUT2D eigenvalue weighted by Crippen LogP contribution is -2.40. The number of anilines is 1. The smallest absolute Gasteiger partial charge is 0.249 e. The Morgan fingerprint density at radius 1 is 1.12 bits per heavy atom. The van der Waals surface area contributed by atoms with Crippen molar-refractivity contribution in [2.45, 2.75) is 32.6 Å². The zero-order chi connectivity index (χ0) is 22.8. The molecule has 0 saturated carbocycles. The van der Waals surface area contributed by atoms with E-state index in [4.69, 9.17) is 4.42 Å².